The van der Waals surface area contributed by atoms with E-state index in [0.29, 0.717) is 18.6 Å². The Hall–Kier alpha value is -0.650. The van der Waals surface area contributed by atoms with Crippen LogP contribution in [0.1, 0.15) is 39.0 Å². The Labute approximate surface area is 122 Å². The molecule has 5 heteroatoms. The first-order valence-corrected chi connectivity index (χ1v) is 7.87. The van der Waals surface area contributed by atoms with Crippen LogP contribution in [-0.2, 0) is 4.79 Å². The molecule has 2 N–H and O–H groups in total. The van der Waals surface area contributed by atoms with Gasteiger partial charge in [-0.2, -0.15) is 0 Å². The molecule has 0 amide bonds. The molecule has 1 aliphatic carbocycles. The Bertz CT molecular complexity index is 350. The normalized spacial score (nSPS) is 35.0. The largest absolute Gasteiger partial charge is 0.480 e. The maximum Gasteiger partial charge on any atom is 0.323 e. The molecule has 0 spiro atoms. The van der Waals surface area contributed by atoms with Crippen molar-refractivity contribution in [2.24, 2.45) is 0 Å². The fraction of sp³-hybridized carbons (Fsp3) is 0.933. The van der Waals surface area contributed by atoms with E-state index in [1.807, 2.05) is 6.92 Å². The Morgan fingerprint density at radius 3 is 2.80 bits per heavy atom. The average molecular weight is 283 g/mol. The first-order valence-electron chi connectivity index (χ1n) is 7.87. The van der Waals surface area contributed by atoms with Crippen LogP contribution in [0.25, 0.3) is 0 Å². The molecule has 0 aromatic carbocycles. The van der Waals surface area contributed by atoms with E-state index in [1.165, 1.54) is 19.4 Å². The van der Waals surface area contributed by atoms with E-state index in [2.05, 4.69) is 29.2 Å². The van der Waals surface area contributed by atoms with Gasteiger partial charge in [-0.05, 0) is 59.3 Å². The topological polar surface area (TPSA) is 55.8 Å². The molecule has 2 rings (SSSR count). The van der Waals surface area contributed by atoms with Crippen LogP contribution < -0.4 is 5.32 Å². The van der Waals surface area contributed by atoms with Gasteiger partial charge < -0.3 is 20.2 Å². The number of likely N-dealkylation sites (N-methyl/N-ethyl adjacent to an activating group) is 3. The Balaban J connectivity index is 1.92. The third-order valence-corrected chi connectivity index (χ3v) is 5.21. The van der Waals surface area contributed by atoms with Crippen molar-refractivity contribution >= 4 is 5.97 Å². The minimum Gasteiger partial charge on any atom is -0.480 e. The minimum atomic E-state index is -0.699. The molecule has 0 radical (unpaired) electrons. The zero-order chi connectivity index (χ0) is 14.8. The monoisotopic (exact) mass is 283 g/mol. The Kier molecular flexibility index (Phi) is 5.04. The van der Waals surface area contributed by atoms with Crippen molar-refractivity contribution in [3.8, 4) is 0 Å². The van der Waals surface area contributed by atoms with Crippen molar-refractivity contribution in [3.05, 3.63) is 0 Å². The van der Waals surface area contributed by atoms with Crippen LogP contribution in [-0.4, -0.2) is 72.2 Å². The standard InChI is InChI=1S/C15H29N3O2/c1-4-16-15(14(19)20)8-7-12(10-15)18(3)11-13-6-5-9-17(13)2/h12-13,16H,4-11H2,1-3H3,(H,19,20). The number of carboxylic acid groups (broad SMARTS) is 1. The van der Waals surface area contributed by atoms with Crippen LogP contribution in [0.3, 0.4) is 0 Å². The molecule has 116 valence electrons. The molecule has 2 aliphatic rings. The maximum absolute atomic E-state index is 11.6. The van der Waals surface area contributed by atoms with Crippen LogP contribution in [0.5, 0.6) is 0 Å². The molecule has 3 unspecified atom stereocenters. The zero-order valence-electron chi connectivity index (χ0n) is 13.1. The van der Waals surface area contributed by atoms with Gasteiger partial charge in [-0.3, -0.25) is 4.79 Å². The summed E-state index contributed by atoms with van der Waals surface area (Å²) < 4.78 is 0. The van der Waals surface area contributed by atoms with E-state index in [1.54, 1.807) is 0 Å². The Morgan fingerprint density at radius 1 is 1.50 bits per heavy atom. The number of aliphatic carboxylic acids is 1. The van der Waals surface area contributed by atoms with Crippen LogP contribution in [0.15, 0.2) is 0 Å². The number of hydrogen-bond donors (Lipinski definition) is 2. The second-order valence-corrected chi connectivity index (χ2v) is 6.53. The molecule has 0 aromatic heterocycles. The summed E-state index contributed by atoms with van der Waals surface area (Å²) in [5, 5.41) is 12.7. The second-order valence-electron chi connectivity index (χ2n) is 6.53. The number of carboxylic acids is 1. The van der Waals surface area contributed by atoms with Gasteiger partial charge in [-0.25, -0.2) is 0 Å². The Morgan fingerprint density at radius 2 is 2.25 bits per heavy atom. The lowest BCUT2D eigenvalue weighted by Crippen LogP contribution is -2.51. The van der Waals surface area contributed by atoms with Gasteiger partial charge in [0, 0.05) is 18.6 Å². The van der Waals surface area contributed by atoms with Gasteiger partial charge in [0.15, 0.2) is 0 Å². The summed E-state index contributed by atoms with van der Waals surface area (Å²) in [6.45, 7) is 4.95. The number of nitrogens with zero attached hydrogens (tertiary/aromatic N) is 2. The number of hydrogen-bond acceptors (Lipinski definition) is 4. The maximum atomic E-state index is 11.6. The van der Waals surface area contributed by atoms with E-state index < -0.39 is 11.5 Å². The van der Waals surface area contributed by atoms with Crippen molar-refractivity contribution in [1.82, 2.24) is 15.1 Å². The van der Waals surface area contributed by atoms with E-state index in [0.717, 1.165) is 25.8 Å². The number of carbonyl (C=O) groups is 1. The predicted molar refractivity (Wildman–Crippen MR) is 80.0 cm³/mol. The van der Waals surface area contributed by atoms with Gasteiger partial charge in [-0.15, -0.1) is 0 Å². The van der Waals surface area contributed by atoms with Crippen LogP contribution in [0.4, 0.5) is 0 Å². The minimum absolute atomic E-state index is 0.388. The highest BCUT2D eigenvalue weighted by atomic mass is 16.4. The van der Waals surface area contributed by atoms with Crippen LogP contribution >= 0.6 is 0 Å². The van der Waals surface area contributed by atoms with E-state index in [9.17, 15) is 9.90 Å². The summed E-state index contributed by atoms with van der Waals surface area (Å²) in [7, 11) is 4.35. The smallest absolute Gasteiger partial charge is 0.323 e. The molecule has 1 saturated heterocycles. The van der Waals surface area contributed by atoms with Gasteiger partial charge in [0.1, 0.15) is 5.54 Å². The number of likely N-dealkylation sites (tertiary alicyclic amines) is 1. The van der Waals surface area contributed by atoms with Gasteiger partial charge in [0.2, 0.25) is 0 Å². The summed E-state index contributed by atoms with van der Waals surface area (Å²) in [6, 6.07) is 1.03. The van der Waals surface area contributed by atoms with Crippen LogP contribution in [0, 0.1) is 0 Å². The summed E-state index contributed by atoms with van der Waals surface area (Å²) in [5.74, 6) is -0.687. The first kappa shape index (κ1) is 15.7. The van der Waals surface area contributed by atoms with Crippen LogP contribution in [0.2, 0.25) is 0 Å². The zero-order valence-corrected chi connectivity index (χ0v) is 13.1. The number of rotatable bonds is 6. The molecule has 20 heavy (non-hydrogen) atoms. The molecule has 0 aromatic rings. The van der Waals surface area contributed by atoms with Gasteiger partial charge in [0.05, 0.1) is 0 Å². The molecule has 2 fully saturated rings. The van der Waals surface area contributed by atoms with E-state index in [-0.39, 0.29) is 0 Å². The van der Waals surface area contributed by atoms with Crippen molar-refractivity contribution in [2.75, 3.05) is 33.7 Å². The molecule has 3 atom stereocenters. The summed E-state index contributed by atoms with van der Waals surface area (Å²) in [4.78, 5) is 16.4. The second kappa shape index (κ2) is 6.41. The lowest BCUT2D eigenvalue weighted by atomic mass is 9.97. The third kappa shape index (κ3) is 3.15. The third-order valence-electron chi connectivity index (χ3n) is 5.21. The lowest BCUT2D eigenvalue weighted by Gasteiger charge is -2.31. The molecule has 0 bridgehead atoms. The van der Waals surface area contributed by atoms with Gasteiger partial charge in [-0.1, -0.05) is 6.92 Å². The molecule has 1 aliphatic heterocycles. The summed E-state index contributed by atoms with van der Waals surface area (Å²) in [5.41, 5.74) is -0.699. The van der Waals surface area contributed by atoms with Crippen molar-refractivity contribution in [2.45, 2.75) is 56.7 Å². The molecule has 1 heterocycles. The highest BCUT2D eigenvalue weighted by molar-refractivity contribution is 5.79. The fourth-order valence-electron chi connectivity index (χ4n) is 3.86. The first-order chi connectivity index (χ1) is 9.48. The highest BCUT2D eigenvalue weighted by Gasteiger charge is 2.46. The molecular weight excluding hydrogens is 254 g/mol. The number of nitrogens with one attached hydrogen (secondary N) is 1. The summed E-state index contributed by atoms with van der Waals surface area (Å²) >= 11 is 0. The van der Waals surface area contributed by atoms with Crippen molar-refractivity contribution < 1.29 is 9.90 Å². The SMILES string of the molecule is CCNC1(C(=O)O)CCC(N(C)CC2CCCN2C)C1. The van der Waals surface area contributed by atoms with Gasteiger partial charge >= 0.3 is 5.97 Å². The quantitative estimate of drug-likeness (QED) is 0.761. The highest BCUT2D eigenvalue weighted by Crippen LogP contribution is 2.33. The fourth-order valence-corrected chi connectivity index (χ4v) is 3.86. The van der Waals surface area contributed by atoms with Crippen molar-refractivity contribution in [1.29, 1.82) is 0 Å². The van der Waals surface area contributed by atoms with Gasteiger partial charge in [0.25, 0.3) is 0 Å². The predicted octanol–water partition coefficient (Wildman–Crippen LogP) is 0.998. The van der Waals surface area contributed by atoms with Crippen molar-refractivity contribution in [3.63, 3.8) is 0 Å². The molecular formula is C15H29N3O2. The average Bonchev–Trinajstić information content (AvgIpc) is 2.98. The molecule has 5 nitrogen and oxygen atoms in total. The van der Waals surface area contributed by atoms with E-state index in [4.69, 9.17) is 0 Å². The molecule has 1 saturated carbocycles. The lowest BCUT2D eigenvalue weighted by molar-refractivity contribution is -0.144. The van der Waals surface area contributed by atoms with E-state index >= 15 is 0 Å². The summed E-state index contributed by atoms with van der Waals surface area (Å²) in [6.07, 6.45) is 5.00.